The molecule has 1 aliphatic heterocycles. The standard InChI is InChI=1S/C9H9N5O5/c15-3(16)1-13-7(18)8(19)14-6(17)4-5(11-2-10-4)12-9(13)14/h2,7-8,18-19H,1H2,(H,10,11)(H,15,16)/t7-,8-/m1/s1. The van der Waals surface area contributed by atoms with Crippen LogP contribution in [0.2, 0.25) is 0 Å². The third-order valence-electron chi connectivity index (χ3n) is 2.89. The minimum Gasteiger partial charge on any atom is -0.480 e. The van der Waals surface area contributed by atoms with Crippen LogP contribution in [-0.2, 0) is 4.79 Å². The number of carboxylic acid groups (broad SMARTS) is 1. The zero-order valence-electron chi connectivity index (χ0n) is 9.39. The van der Waals surface area contributed by atoms with Crippen LogP contribution in [0.3, 0.4) is 0 Å². The topological polar surface area (TPSA) is 145 Å². The molecule has 19 heavy (non-hydrogen) atoms. The first-order valence-electron chi connectivity index (χ1n) is 5.31. The molecule has 1 aliphatic rings. The molecule has 0 unspecified atom stereocenters. The number of imidazole rings is 1. The van der Waals surface area contributed by atoms with E-state index in [-0.39, 0.29) is 17.1 Å². The summed E-state index contributed by atoms with van der Waals surface area (Å²) in [7, 11) is 0. The molecule has 2 atom stereocenters. The highest BCUT2D eigenvalue weighted by Gasteiger charge is 2.40. The molecule has 0 saturated heterocycles. The van der Waals surface area contributed by atoms with E-state index in [0.29, 0.717) is 0 Å². The number of hydrogen-bond acceptors (Lipinski definition) is 7. The fourth-order valence-corrected chi connectivity index (χ4v) is 2.05. The molecule has 10 nitrogen and oxygen atoms in total. The van der Waals surface area contributed by atoms with E-state index in [1.165, 1.54) is 6.33 Å². The van der Waals surface area contributed by atoms with Gasteiger partial charge in [-0.2, -0.15) is 4.98 Å². The summed E-state index contributed by atoms with van der Waals surface area (Å²) < 4.78 is 0.828. The van der Waals surface area contributed by atoms with Gasteiger partial charge in [-0.05, 0) is 0 Å². The molecule has 0 amide bonds. The first kappa shape index (κ1) is 11.6. The predicted molar refractivity (Wildman–Crippen MR) is 60.4 cm³/mol. The molecular weight excluding hydrogens is 258 g/mol. The number of anilines is 1. The van der Waals surface area contributed by atoms with Crippen molar-refractivity contribution in [1.29, 1.82) is 0 Å². The van der Waals surface area contributed by atoms with Gasteiger partial charge in [-0.1, -0.05) is 0 Å². The zero-order valence-corrected chi connectivity index (χ0v) is 9.39. The fraction of sp³-hybridized carbons (Fsp3) is 0.333. The van der Waals surface area contributed by atoms with Crippen molar-refractivity contribution < 1.29 is 20.1 Å². The van der Waals surface area contributed by atoms with Crippen LogP contribution < -0.4 is 10.5 Å². The first-order chi connectivity index (χ1) is 9.00. The second-order valence-corrected chi connectivity index (χ2v) is 4.04. The van der Waals surface area contributed by atoms with Gasteiger partial charge in [0.25, 0.3) is 5.56 Å². The second-order valence-electron chi connectivity index (χ2n) is 4.04. The molecule has 0 fully saturated rings. The molecule has 3 heterocycles. The molecule has 2 aromatic heterocycles. The molecule has 0 bridgehead atoms. The van der Waals surface area contributed by atoms with Crippen LogP contribution in [0.25, 0.3) is 11.2 Å². The van der Waals surface area contributed by atoms with E-state index >= 15 is 0 Å². The van der Waals surface area contributed by atoms with Crippen LogP contribution in [0, 0.1) is 0 Å². The Morgan fingerprint density at radius 1 is 1.42 bits per heavy atom. The summed E-state index contributed by atoms with van der Waals surface area (Å²) in [6.45, 7) is -0.597. The zero-order chi connectivity index (χ0) is 13.7. The minimum atomic E-state index is -1.58. The van der Waals surface area contributed by atoms with Gasteiger partial charge in [-0.3, -0.25) is 9.59 Å². The van der Waals surface area contributed by atoms with E-state index in [2.05, 4.69) is 15.0 Å². The lowest BCUT2D eigenvalue weighted by molar-refractivity contribution is -0.136. The number of aliphatic carboxylic acids is 1. The Hall–Kier alpha value is -2.46. The number of rotatable bonds is 2. The van der Waals surface area contributed by atoms with Crippen molar-refractivity contribution in [2.45, 2.75) is 12.5 Å². The maximum Gasteiger partial charge on any atom is 0.323 e. The average Bonchev–Trinajstić information content (AvgIpc) is 2.89. The normalized spacial score (nSPS) is 21.9. The van der Waals surface area contributed by atoms with E-state index in [1.54, 1.807) is 0 Å². The molecule has 0 aliphatic carbocycles. The summed E-state index contributed by atoms with van der Waals surface area (Å²) in [5.74, 6) is -1.36. The summed E-state index contributed by atoms with van der Waals surface area (Å²) in [5.41, 5.74) is -0.461. The number of nitrogens with one attached hydrogen (secondary N) is 1. The molecule has 0 aromatic carbocycles. The number of aliphatic hydroxyl groups excluding tert-OH is 2. The van der Waals surface area contributed by atoms with Gasteiger partial charge in [0.15, 0.2) is 23.6 Å². The number of hydrogen-bond donors (Lipinski definition) is 4. The number of carbonyl (C=O) groups is 1. The van der Waals surface area contributed by atoms with Crippen molar-refractivity contribution in [2.75, 3.05) is 11.4 Å². The van der Waals surface area contributed by atoms with Gasteiger partial charge < -0.3 is 25.2 Å². The van der Waals surface area contributed by atoms with E-state index in [4.69, 9.17) is 5.11 Å². The Morgan fingerprint density at radius 2 is 2.16 bits per heavy atom. The highest BCUT2D eigenvalue weighted by molar-refractivity contribution is 5.75. The van der Waals surface area contributed by atoms with Gasteiger partial charge >= 0.3 is 5.97 Å². The van der Waals surface area contributed by atoms with Crippen LogP contribution in [0.4, 0.5) is 5.95 Å². The smallest absolute Gasteiger partial charge is 0.323 e. The van der Waals surface area contributed by atoms with Gasteiger partial charge in [-0.15, -0.1) is 0 Å². The highest BCUT2D eigenvalue weighted by Crippen LogP contribution is 2.28. The maximum atomic E-state index is 12.1. The predicted octanol–water partition coefficient (Wildman–Crippen LogP) is -2.17. The Bertz CT molecular complexity index is 721. The van der Waals surface area contributed by atoms with Gasteiger partial charge in [0.05, 0.1) is 6.33 Å². The third kappa shape index (κ3) is 1.50. The van der Waals surface area contributed by atoms with Gasteiger partial charge in [0, 0.05) is 0 Å². The maximum absolute atomic E-state index is 12.1. The summed E-state index contributed by atoms with van der Waals surface area (Å²) in [5, 5.41) is 28.4. The Balaban J connectivity index is 2.25. The van der Waals surface area contributed by atoms with Crippen LogP contribution in [0.15, 0.2) is 11.1 Å². The summed E-state index contributed by atoms with van der Waals surface area (Å²) in [6.07, 6.45) is -1.87. The average molecular weight is 267 g/mol. The van der Waals surface area contributed by atoms with Crippen molar-refractivity contribution in [1.82, 2.24) is 19.5 Å². The van der Waals surface area contributed by atoms with Gasteiger partial charge in [0.1, 0.15) is 6.54 Å². The van der Waals surface area contributed by atoms with Gasteiger partial charge in [-0.25, -0.2) is 9.55 Å². The fourth-order valence-electron chi connectivity index (χ4n) is 2.05. The summed E-state index contributed by atoms with van der Waals surface area (Å²) in [6, 6.07) is 0. The highest BCUT2D eigenvalue weighted by atomic mass is 16.4. The lowest BCUT2D eigenvalue weighted by Gasteiger charge is -2.18. The van der Waals surface area contributed by atoms with E-state index in [1.807, 2.05) is 0 Å². The Labute approximate surface area is 104 Å². The molecule has 0 spiro atoms. The first-order valence-corrected chi connectivity index (χ1v) is 5.31. The SMILES string of the molecule is O=C(O)CN1c2nc3nc[nH]c3c(=O)n2[C@H](O)[C@H]1O. The van der Waals surface area contributed by atoms with Crippen molar-refractivity contribution in [3.8, 4) is 0 Å². The van der Waals surface area contributed by atoms with E-state index < -0.39 is 30.5 Å². The minimum absolute atomic E-state index is 0.0761. The summed E-state index contributed by atoms with van der Waals surface area (Å²) >= 11 is 0. The molecule has 100 valence electrons. The molecule has 2 aromatic rings. The van der Waals surface area contributed by atoms with Crippen LogP contribution in [-0.4, -0.2) is 53.6 Å². The number of aliphatic hydroxyl groups is 2. The summed E-state index contributed by atoms with van der Waals surface area (Å²) in [4.78, 5) is 34.1. The number of aromatic amines is 1. The van der Waals surface area contributed by atoms with E-state index in [0.717, 1.165) is 9.47 Å². The largest absolute Gasteiger partial charge is 0.480 e. The van der Waals surface area contributed by atoms with Crippen molar-refractivity contribution >= 4 is 23.1 Å². The van der Waals surface area contributed by atoms with Crippen LogP contribution >= 0.6 is 0 Å². The van der Waals surface area contributed by atoms with Crippen molar-refractivity contribution in [3.63, 3.8) is 0 Å². The third-order valence-corrected chi connectivity index (χ3v) is 2.89. The lowest BCUT2D eigenvalue weighted by Crippen LogP contribution is -2.38. The van der Waals surface area contributed by atoms with Crippen LogP contribution in [0.5, 0.6) is 0 Å². The van der Waals surface area contributed by atoms with Crippen LogP contribution in [0.1, 0.15) is 6.23 Å². The van der Waals surface area contributed by atoms with Crippen molar-refractivity contribution in [2.24, 2.45) is 0 Å². The molecule has 0 radical (unpaired) electrons. The number of H-pyrrole nitrogens is 1. The Kier molecular flexibility index (Phi) is 2.30. The molecular formula is C9H9N5O5. The molecule has 0 saturated carbocycles. The molecule has 4 N–H and O–H groups in total. The number of carboxylic acids is 1. The quantitative estimate of drug-likeness (QED) is 0.481. The number of nitrogens with zero attached hydrogens (tertiary/aromatic N) is 4. The monoisotopic (exact) mass is 267 g/mol. The number of fused-ring (bicyclic) bond motifs is 2. The lowest BCUT2D eigenvalue weighted by atomic mass is 10.4. The van der Waals surface area contributed by atoms with Crippen molar-refractivity contribution in [3.05, 3.63) is 16.7 Å². The van der Waals surface area contributed by atoms with Gasteiger partial charge in [0.2, 0.25) is 5.95 Å². The Morgan fingerprint density at radius 3 is 2.84 bits per heavy atom. The molecule has 10 heteroatoms. The molecule has 3 rings (SSSR count). The van der Waals surface area contributed by atoms with E-state index in [9.17, 15) is 19.8 Å². The second kappa shape index (κ2) is 3.76. The number of aromatic nitrogens is 4.